The van der Waals surface area contributed by atoms with Crippen molar-refractivity contribution < 1.29 is 4.74 Å². The van der Waals surface area contributed by atoms with E-state index in [1.54, 1.807) is 0 Å². The van der Waals surface area contributed by atoms with Crippen molar-refractivity contribution in [2.75, 3.05) is 13.2 Å². The molecule has 80 valence electrons. The molecule has 0 saturated carbocycles. The van der Waals surface area contributed by atoms with Gasteiger partial charge in [-0.3, -0.25) is 0 Å². The quantitative estimate of drug-likeness (QED) is 0.789. The SMILES string of the molecule is Clc1ccc2c(c1)[C@@H]([C@@H]1CCN1)OCC2. The van der Waals surface area contributed by atoms with E-state index in [-0.39, 0.29) is 6.10 Å². The van der Waals surface area contributed by atoms with E-state index in [1.807, 2.05) is 6.07 Å². The van der Waals surface area contributed by atoms with Gasteiger partial charge in [0.15, 0.2) is 0 Å². The van der Waals surface area contributed by atoms with Gasteiger partial charge in [-0.2, -0.15) is 0 Å². The molecule has 2 atom stereocenters. The highest BCUT2D eigenvalue weighted by molar-refractivity contribution is 6.30. The molecule has 1 aromatic rings. The Kier molecular flexibility index (Phi) is 2.43. The van der Waals surface area contributed by atoms with Gasteiger partial charge in [0.1, 0.15) is 0 Å². The third-order valence-electron chi connectivity index (χ3n) is 3.31. The molecule has 3 heteroatoms. The summed E-state index contributed by atoms with van der Waals surface area (Å²) in [6, 6.07) is 6.64. The summed E-state index contributed by atoms with van der Waals surface area (Å²) in [5.41, 5.74) is 2.68. The van der Waals surface area contributed by atoms with Gasteiger partial charge in [0.05, 0.1) is 12.7 Å². The predicted octanol–water partition coefficient (Wildman–Crippen LogP) is 2.32. The highest BCUT2D eigenvalue weighted by Crippen LogP contribution is 2.34. The van der Waals surface area contributed by atoms with E-state index in [0.717, 1.165) is 24.6 Å². The van der Waals surface area contributed by atoms with Crippen molar-refractivity contribution in [2.24, 2.45) is 0 Å². The zero-order valence-electron chi connectivity index (χ0n) is 8.50. The second-order valence-corrected chi connectivity index (χ2v) is 4.67. The van der Waals surface area contributed by atoms with Gasteiger partial charge in [-0.25, -0.2) is 0 Å². The van der Waals surface area contributed by atoms with Gasteiger partial charge >= 0.3 is 0 Å². The molecule has 1 aromatic carbocycles. The van der Waals surface area contributed by atoms with Crippen LogP contribution >= 0.6 is 11.6 Å². The summed E-state index contributed by atoms with van der Waals surface area (Å²) in [5.74, 6) is 0. The molecule has 2 heterocycles. The van der Waals surface area contributed by atoms with Crippen LogP contribution in [0.3, 0.4) is 0 Å². The predicted molar refractivity (Wildman–Crippen MR) is 60.3 cm³/mol. The highest BCUT2D eigenvalue weighted by atomic mass is 35.5. The van der Waals surface area contributed by atoms with Gasteiger partial charge in [-0.1, -0.05) is 17.7 Å². The molecule has 2 aliphatic heterocycles. The zero-order chi connectivity index (χ0) is 10.3. The molecular weight excluding hydrogens is 210 g/mol. The summed E-state index contributed by atoms with van der Waals surface area (Å²) in [7, 11) is 0. The van der Waals surface area contributed by atoms with Gasteiger partial charge < -0.3 is 10.1 Å². The van der Waals surface area contributed by atoms with Gasteiger partial charge in [0.25, 0.3) is 0 Å². The lowest BCUT2D eigenvalue weighted by molar-refractivity contribution is -0.00148. The Morgan fingerprint density at radius 1 is 1.40 bits per heavy atom. The van der Waals surface area contributed by atoms with Crippen molar-refractivity contribution in [3.05, 3.63) is 34.3 Å². The number of nitrogens with one attached hydrogen (secondary N) is 1. The first kappa shape index (κ1) is 9.64. The van der Waals surface area contributed by atoms with E-state index in [0.29, 0.717) is 6.04 Å². The minimum atomic E-state index is 0.209. The number of benzene rings is 1. The van der Waals surface area contributed by atoms with Crippen molar-refractivity contribution in [3.63, 3.8) is 0 Å². The van der Waals surface area contributed by atoms with Crippen LogP contribution in [0.4, 0.5) is 0 Å². The Bertz CT molecular complexity index is 376. The van der Waals surface area contributed by atoms with E-state index < -0.39 is 0 Å². The third-order valence-corrected chi connectivity index (χ3v) is 3.55. The summed E-state index contributed by atoms with van der Waals surface area (Å²) in [6.07, 6.45) is 2.42. The van der Waals surface area contributed by atoms with Crippen LogP contribution < -0.4 is 5.32 Å². The second kappa shape index (κ2) is 3.78. The summed E-state index contributed by atoms with van der Waals surface area (Å²) < 4.78 is 5.84. The minimum absolute atomic E-state index is 0.209. The summed E-state index contributed by atoms with van der Waals surface area (Å²) in [4.78, 5) is 0. The summed E-state index contributed by atoms with van der Waals surface area (Å²) in [6.45, 7) is 1.94. The maximum absolute atomic E-state index is 6.03. The van der Waals surface area contributed by atoms with Crippen molar-refractivity contribution in [1.29, 1.82) is 0 Å². The average Bonchev–Trinajstić information content (AvgIpc) is 2.16. The average molecular weight is 224 g/mol. The van der Waals surface area contributed by atoms with Crippen LogP contribution in [-0.4, -0.2) is 19.2 Å². The maximum atomic E-state index is 6.03. The molecule has 0 unspecified atom stereocenters. The van der Waals surface area contributed by atoms with Crippen LogP contribution in [0.2, 0.25) is 5.02 Å². The van der Waals surface area contributed by atoms with Crippen LogP contribution in [0.25, 0.3) is 0 Å². The third kappa shape index (κ3) is 1.67. The van der Waals surface area contributed by atoms with Crippen LogP contribution in [-0.2, 0) is 11.2 Å². The lowest BCUT2D eigenvalue weighted by atomic mass is 9.89. The van der Waals surface area contributed by atoms with Crippen LogP contribution in [0.5, 0.6) is 0 Å². The van der Waals surface area contributed by atoms with Crippen molar-refractivity contribution in [2.45, 2.75) is 25.0 Å². The van der Waals surface area contributed by atoms with Crippen molar-refractivity contribution >= 4 is 11.6 Å². The number of hydrogen-bond acceptors (Lipinski definition) is 2. The Morgan fingerprint density at radius 2 is 2.27 bits per heavy atom. The molecule has 0 spiro atoms. The van der Waals surface area contributed by atoms with Gasteiger partial charge in [0, 0.05) is 11.1 Å². The second-order valence-electron chi connectivity index (χ2n) is 4.23. The molecule has 0 amide bonds. The minimum Gasteiger partial charge on any atom is -0.372 e. The Hall–Kier alpha value is -0.570. The smallest absolute Gasteiger partial charge is 0.0981 e. The van der Waals surface area contributed by atoms with E-state index in [4.69, 9.17) is 16.3 Å². The number of rotatable bonds is 1. The summed E-state index contributed by atoms with van der Waals surface area (Å²) in [5, 5.41) is 4.22. The highest BCUT2D eigenvalue weighted by Gasteiger charge is 2.32. The molecule has 0 aliphatic carbocycles. The molecule has 2 nitrogen and oxygen atoms in total. The van der Waals surface area contributed by atoms with Crippen LogP contribution in [0.1, 0.15) is 23.7 Å². The first-order valence-corrected chi connectivity index (χ1v) is 5.86. The largest absolute Gasteiger partial charge is 0.372 e. The van der Waals surface area contributed by atoms with Crippen molar-refractivity contribution in [1.82, 2.24) is 5.32 Å². The Morgan fingerprint density at radius 3 is 3.00 bits per heavy atom. The molecule has 0 aromatic heterocycles. The first-order chi connectivity index (χ1) is 7.34. The lowest BCUT2D eigenvalue weighted by Gasteiger charge is -2.38. The Balaban J connectivity index is 1.96. The molecule has 0 radical (unpaired) electrons. The molecule has 0 bridgehead atoms. The Labute approximate surface area is 94.6 Å². The zero-order valence-corrected chi connectivity index (χ0v) is 9.26. The standard InChI is InChI=1S/C12H14ClNO/c13-9-2-1-8-4-6-15-12(10(8)7-9)11-3-5-14-11/h1-2,7,11-12,14H,3-6H2/t11-,12-/m0/s1. The van der Waals surface area contributed by atoms with Crippen molar-refractivity contribution in [3.8, 4) is 0 Å². The van der Waals surface area contributed by atoms with Gasteiger partial charge in [-0.05, 0) is 42.6 Å². The molecule has 1 N–H and O–H groups in total. The van der Waals surface area contributed by atoms with Crippen LogP contribution in [0.15, 0.2) is 18.2 Å². The number of hydrogen-bond donors (Lipinski definition) is 1. The number of ether oxygens (including phenoxy) is 1. The molecular formula is C12H14ClNO. The maximum Gasteiger partial charge on any atom is 0.0981 e. The molecule has 1 saturated heterocycles. The molecule has 2 aliphatic rings. The molecule has 15 heavy (non-hydrogen) atoms. The fraction of sp³-hybridized carbons (Fsp3) is 0.500. The lowest BCUT2D eigenvalue weighted by Crippen LogP contribution is -2.48. The normalized spacial score (nSPS) is 29.4. The van der Waals surface area contributed by atoms with Gasteiger partial charge in [-0.15, -0.1) is 0 Å². The monoisotopic (exact) mass is 223 g/mol. The van der Waals surface area contributed by atoms with E-state index in [1.165, 1.54) is 17.5 Å². The number of fused-ring (bicyclic) bond motifs is 1. The van der Waals surface area contributed by atoms with E-state index in [9.17, 15) is 0 Å². The summed E-state index contributed by atoms with van der Waals surface area (Å²) >= 11 is 6.03. The van der Waals surface area contributed by atoms with E-state index >= 15 is 0 Å². The molecule has 3 rings (SSSR count). The van der Waals surface area contributed by atoms with E-state index in [2.05, 4.69) is 17.4 Å². The first-order valence-electron chi connectivity index (χ1n) is 5.48. The fourth-order valence-electron chi connectivity index (χ4n) is 2.35. The van der Waals surface area contributed by atoms with Crippen LogP contribution in [0, 0.1) is 0 Å². The fourth-order valence-corrected chi connectivity index (χ4v) is 2.53. The number of halogens is 1. The van der Waals surface area contributed by atoms with Gasteiger partial charge in [0.2, 0.25) is 0 Å². The topological polar surface area (TPSA) is 21.3 Å². The molecule has 1 fully saturated rings.